The van der Waals surface area contributed by atoms with Crippen molar-refractivity contribution in [1.82, 2.24) is 4.57 Å². The van der Waals surface area contributed by atoms with E-state index >= 15 is 0 Å². The molecule has 0 saturated heterocycles. The van der Waals surface area contributed by atoms with Crippen LogP contribution in [0.25, 0.3) is 5.69 Å². The zero-order chi connectivity index (χ0) is 22.4. The second-order valence-corrected chi connectivity index (χ2v) is 6.80. The first kappa shape index (κ1) is 21.7. The van der Waals surface area contributed by atoms with Crippen molar-refractivity contribution in [3.63, 3.8) is 0 Å². The lowest BCUT2D eigenvalue weighted by atomic mass is 10.2. The van der Waals surface area contributed by atoms with Crippen LogP contribution in [0, 0.1) is 25.2 Å². The number of rotatable bonds is 7. The van der Waals surface area contributed by atoms with Crippen molar-refractivity contribution in [2.45, 2.75) is 20.8 Å². The lowest BCUT2D eigenvalue weighted by molar-refractivity contribution is -0.119. The van der Waals surface area contributed by atoms with Crippen LogP contribution in [0.5, 0.6) is 5.75 Å². The largest absolute Gasteiger partial charge is 0.494 e. The number of esters is 1. The van der Waals surface area contributed by atoms with Gasteiger partial charge in [0.2, 0.25) is 0 Å². The van der Waals surface area contributed by atoms with E-state index in [4.69, 9.17) is 9.47 Å². The topological polar surface area (TPSA) is 93.3 Å². The molecule has 1 heterocycles. The van der Waals surface area contributed by atoms with Crippen molar-refractivity contribution in [3.05, 3.63) is 77.0 Å². The number of benzene rings is 2. The third-order valence-electron chi connectivity index (χ3n) is 4.83. The molecule has 0 unspecified atom stereocenters. The van der Waals surface area contributed by atoms with Crippen molar-refractivity contribution < 1.29 is 19.1 Å². The van der Waals surface area contributed by atoms with E-state index < -0.39 is 18.5 Å². The Labute approximate surface area is 180 Å². The molecule has 1 amide bonds. The fraction of sp³-hybridized carbons (Fsp3) is 0.208. The average molecular weight is 417 g/mol. The summed E-state index contributed by atoms with van der Waals surface area (Å²) >= 11 is 0. The highest BCUT2D eigenvalue weighted by Gasteiger charge is 2.21. The number of hydrogen-bond donors (Lipinski definition) is 1. The second-order valence-electron chi connectivity index (χ2n) is 6.80. The zero-order valence-corrected chi connectivity index (χ0v) is 17.6. The summed E-state index contributed by atoms with van der Waals surface area (Å²) in [6.07, 6.45) is 0. The van der Waals surface area contributed by atoms with Crippen LogP contribution in [0.2, 0.25) is 0 Å². The Morgan fingerprint density at radius 2 is 1.74 bits per heavy atom. The van der Waals surface area contributed by atoms with Gasteiger partial charge in [-0.15, -0.1) is 0 Å². The van der Waals surface area contributed by atoms with Gasteiger partial charge in [0.25, 0.3) is 5.91 Å². The van der Waals surface area contributed by atoms with E-state index in [0.29, 0.717) is 29.3 Å². The minimum atomic E-state index is -0.621. The number of amides is 1. The monoisotopic (exact) mass is 417 g/mol. The Bertz CT molecular complexity index is 1130. The Balaban J connectivity index is 1.74. The van der Waals surface area contributed by atoms with E-state index in [-0.39, 0.29) is 0 Å². The van der Waals surface area contributed by atoms with Gasteiger partial charge in [0, 0.05) is 11.4 Å². The van der Waals surface area contributed by atoms with Crippen LogP contribution in [0.1, 0.15) is 34.1 Å². The molecule has 2 aromatic carbocycles. The molecule has 0 aliphatic carbocycles. The Kier molecular flexibility index (Phi) is 6.73. The number of ether oxygens (including phenoxy) is 2. The fourth-order valence-electron chi connectivity index (χ4n) is 3.20. The molecular weight excluding hydrogens is 394 g/mol. The van der Waals surface area contributed by atoms with Gasteiger partial charge in [-0.1, -0.05) is 18.2 Å². The van der Waals surface area contributed by atoms with E-state index in [0.717, 1.165) is 16.9 Å². The summed E-state index contributed by atoms with van der Waals surface area (Å²) < 4.78 is 12.3. The molecule has 1 aromatic heterocycles. The highest BCUT2D eigenvalue weighted by Crippen LogP contribution is 2.29. The molecule has 0 spiro atoms. The van der Waals surface area contributed by atoms with Gasteiger partial charge in [-0.2, -0.15) is 5.26 Å². The number of hydrogen-bond acceptors (Lipinski definition) is 5. The van der Waals surface area contributed by atoms with Gasteiger partial charge in [-0.25, -0.2) is 4.79 Å². The minimum absolute atomic E-state index is 0.313. The number of nitrogens with zero attached hydrogens (tertiary/aromatic N) is 2. The molecule has 0 aliphatic rings. The summed E-state index contributed by atoms with van der Waals surface area (Å²) in [7, 11) is 0. The fourth-order valence-corrected chi connectivity index (χ4v) is 3.20. The first-order chi connectivity index (χ1) is 15.0. The summed E-state index contributed by atoms with van der Waals surface area (Å²) in [6, 6.07) is 18.0. The lowest BCUT2D eigenvalue weighted by Crippen LogP contribution is -2.22. The highest BCUT2D eigenvalue weighted by atomic mass is 16.5. The molecular formula is C24H23N3O4. The summed E-state index contributed by atoms with van der Waals surface area (Å²) in [4.78, 5) is 24.8. The summed E-state index contributed by atoms with van der Waals surface area (Å²) in [5.74, 6) is -0.158. The van der Waals surface area contributed by atoms with Crippen LogP contribution in [-0.2, 0) is 9.53 Å². The Morgan fingerprint density at radius 1 is 1.06 bits per heavy atom. The van der Waals surface area contributed by atoms with E-state index in [2.05, 4.69) is 11.4 Å². The van der Waals surface area contributed by atoms with E-state index in [1.807, 2.05) is 51.1 Å². The third-order valence-corrected chi connectivity index (χ3v) is 4.83. The Morgan fingerprint density at radius 3 is 2.35 bits per heavy atom. The molecule has 0 saturated carbocycles. The standard InChI is InChI=1S/C24H23N3O4/c1-4-30-20-12-10-18(11-13-20)24(29)31-15-22(28)26-23-21(14-25)16(2)17(3)27(23)19-8-6-5-7-9-19/h5-13H,4,15H2,1-3H3,(H,26,28). The van der Waals surface area contributed by atoms with Gasteiger partial charge in [-0.05, 0) is 62.7 Å². The molecule has 1 N–H and O–H groups in total. The highest BCUT2D eigenvalue weighted by molar-refractivity contribution is 5.96. The van der Waals surface area contributed by atoms with Crippen LogP contribution in [0.4, 0.5) is 5.82 Å². The van der Waals surface area contributed by atoms with E-state index in [9.17, 15) is 14.9 Å². The number of para-hydroxylation sites is 1. The first-order valence-electron chi connectivity index (χ1n) is 9.83. The molecule has 0 atom stereocenters. The smallest absolute Gasteiger partial charge is 0.338 e. The van der Waals surface area contributed by atoms with Gasteiger partial charge >= 0.3 is 5.97 Å². The van der Waals surface area contributed by atoms with E-state index in [1.165, 1.54) is 0 Å². The van der Waals surface area contributed by atoms with Gasteiger partial charge < -0.3 is 14.8 Å². The third kappa shape index (κ3) is 4.75. The van der Waals surface area contributed by atoms with Crippen molar-refractivity contribution in [2.24, 2.45) is 0 Å². The lowest BCUT2D eigenvalue weighted by Gasteiger charge is -2.13. The normalized spacial score (nSPS) is 10.3. The maximum atomic E-state index is 12.5. The van der Waals surface area contributed by atoms with Crippen molar-refractivity contribution in [1.29, 1.82) is 5.26 Å². The van der Waals surface area contributed by atoms with Crippen molar-refractivity contribution in [2.75, 3.05) is 18.5 Å². The van der Waals surface area contributed by atoms with Crippen LogP contribution in [0.15, 0.2) is 54.6 Å². The van der Waals surface area contributed by atoms with Crippen molar-refractivity contribution >= 4 is 17.7 Å². The molecule has 0 bridgehead atoms. The number of carbonyl (C=O) groups excluding carboxylic acids is 2. The summed E-state index contributed by atoms with van der Waals surface area (Å²) in [5, 5.41) is 12.3. The molecule has 3 aromatic rings. The number of nitrogens with one attached hydrogen (secondary N) is 1. The molecule has 0 radical (unpaired) electrons. The first-order valence-corrected chi connectivity index (χ1v) is 9.83. The molecule has 3 rings (SSSR count). The molecule has 7 nitrogen and oxygen atoms in total. The predicted molar refractivity (Wildman–Crippen MR) is 116 cm³/mol. The van der Waals surface area contributed by atoms with Crippen LogP contribution in [0.3, 0.4) is 0 Å². The predicted octanol–water partition coefficient (Wildman–Crippen LogP) is 4.16. The van der Waals surface area contributed by atoms with Crippen LogP contribution < -0.4 is 10.1 Å². The SMILES string of the molecule is CCOc1ccc(C(=O)OCC(=O)Nc2c(C#N)c(C)c(C)n2-c2ccccc2)cc1. The number of carbonyl (C=O) groups is 2. The van der Waals surface area contributed by atoms with Gasteiger partial charge in [0.1, 0.15) is 17.6 Å². The molecule has 7 heteroatoms. The van der Waals surface area contributed by atoms with Gasteiger partial charge in [0.05, 0.1) is 17.7 Å². The quantitative estimate of drug-likeness (QED) is 0.583. The molecule has 0 aliphatic heterocycles. The minimum Gasteiger partial charge on any atom is -0.494 e. The van der Waals surface area contributed by atoms with E-state index in [1.54, 1.807) is 28.8 Å². The number of anilines is 1. The maximum Gasteiger partial charge on any atom is 0.338 e. The van der Waals surface area contributed by atoms with Crippen molar-refractivity contribution in [3.8, 4) is 17.5 Å². The molecule has 158 valence electrons. The maximum absolute atomic E-state index is 12.5. The van der Waals surface area contributed by atoms with Crippen LogP contribution >= 0.6 is 0 Å². The molecule has 0 fully saturated rings. The summed E-state index contributed by atoms with van der Waals surface area (Å²) in [5.41, 5.74) is 3.10. The average Bonchev–Trinajstić information content (AvgIpc) is 3.02. The number of nitriles is 1. The van der Waals surface area contributed by atoms with Gasteiger partial charge in [-0.3, -0.25) is 9.36 Å². The molecule has 31 heavy (non-hydrogen) atoms. The number of aromatic nitrogens is 1. The van der Waals surface area contributed by atoms with Crippen LogP contribution in [-0.4, -0.2) is 29.7 Å². The van der Waals surface area contributed by atoms with Gasteiger partial charge in [0.15, 0.2) is 6.61 Å². The Hall–Kier alpha value is -4.05. The summed E-state index contributed by atoms with van der Waals surface area (Å²) in [6.45, 7) is 5.63. The second kappa shape index (κ2) is 9.63. The zero-order valence-electron chi connectivity index (χ0n) is 17.6.